The van der Waals surface area contributed by atoms with E-state index in [0.717, 1.165) is 17.8 Å². The van der Waals surface area contributed by atoms with Crippen LogP contribution in [-0.4, -0.2) is 17.2 Å². The van der Waals surface area contributed by atoms with Crippen LogP contribution in [0.2, 0.25) is 5.02 Å². The maximum atomic E-state index is 12.8. The lowest BCUT2D eigenvalue weighted by atomic mass is 10.1. The standard InChI is InChI=1S/C16H12ClF3N2O2/c1-9-2-4-10(5-3-9)15(24)22-21-8-11-6-12(17)7-13(14(11)23)16(18,19)20/h2-8,23H,1H3,(H,22,24). The lowest BCUT2D eigenvalue weighted by Gasteiger charge is -2.11. The van der Waals surface area contributed by atoms with Gasteiger partial charge in [-0.25, -0.2) is 5.43 Å². The predicted molar refractivity (Wildman–Crippen MR) is 84.4 cm³/mol. The first kappa shape index (κ1) is 17.8. The third-order valence-corrected chi connectivity index (χ3v) is 3.31. The van der Waals surface area contributed by atoms with Crippen LogP contribution >= 0.6 is 11.6 Å². The summed E-state index contributed by atoms with van der Waals surface area (Å²) in [5.74, 6) is -1.55. The maximum Gasteiger partial charge on any atom is 0.420 e. The van der Waals surface area contributed by atoms with Crippen LogP contribution in [-0.2, 0) is 6.18 Å². The molecule has 24 heavy (non-hydrogen) atoms. The van der Waals surface area contributed by atoms with Gasteiger partial charge >= 0.3 is 6.18 Å². The number of amides is 1. The van der Waals surface area contributed by atoms with Crippen molar-refractivity contribution in [2.45, 2.75) is 13.1 Å². The van der Waals surface area contributed by atoms with Crippen LogP contribution in [0, 0.1) is 6.92 Å². The minimum absolute atomic E-state index is 0.216. The molecule has 2 aromatic rings. The number of nitrogens with one attached hydrogen (secondary N) is 1. The molecule has 0 heterocycles. The highest BCUT2D eigenvalue weighted by atomic mass is 35.5. The molecule has 0 radical (unpaired) electrons. The van der Waals surface area contributed by atoms with Crippen molar-refractivity contribution in [3.63, 3.8) is 0 Å². The number of aromatic hydroxyl groups is 1. The molecule has 1 amide bonds. The number of aryl methyl sites for hydroxylation is 1. The molecule has 0 aromatic heterocycles. The molecule has 0 bridgehead atoms. The molecule has 0 saturated carbocycles. The lowest BCUT2D eigenvalue weighted by molar-refractivity contribution is -0.138. The number of benzene rings is 2. The van der Waals surface area contributed by atoms with Crippen molar-refractivity contribution in [2.24, 2.45) is 5.10 Å². The number of nitrogens with zero attached hydrogens (tertiary/aromatic N) is 1. The van der Waals surface area contributed by atoms with Crippen molar-refractivity contribution in [1.29, 1.82) is 0 Å². The van der Waals surface area contributed by atoms with E-state index < -0.39 is 23.4 Å². The first-order valence-corrected chi connectivity index (χ1v) is 7.06. The fourth-order valence-corrected chi connectivity index (χ4v) is 2.09. The SMILES string of the molecule is Cc1ccc(C(=O)NN=Cc2cc(Cl)cc(C(F)(F)F)c2O)cc1. The number of phenolic OH excluding ortho intramolecular Hbond substituents is 1. The van der Waals surface area contributed by atoms with Gasteiger partial charge in [-0.2, -0.15) is 18.3 Å². The van der Waals surface area contributed by atoms with Crippen LogP contribution in [0.15, 0.2) is 41.5 Å². The Balaban J connectivity index is 2.19. The number of carbonyl (C=O) groups excluding carboxylic acids is 1. The molecule has 2 aromatic carbocycles. The number of carbonyl (C=O) groups is 1. The summed E-state index contributed by atoms with van der Waals surface area (Å²) in [5.41, 5.74) is 1.93. The Kier molecular flexibility index (Phi) is 5.14. The number of phenols is 1. The predicted octanol–water partition coefficient (Wildman–Crippen LogP) is 4.14. The van der Waals surface area contributed by atoms with E-state index in [9.17, 15) is 23.1 Å². The molecule has 2 rings (SSSR count). The molecule has 0 aliphatic carbocycles. The number of rotatable bonds is 3. The third-order valence-electron chi connectivity index (χ3n) is 3.09. The summed E-state index contributed by atoms with van der Waals surface area (Å²) in [4.78, 5) is 11.8. The van der Waals surface area contributed by atoms with Gasteiger partial charge in [-0.15, -0.1) is 0 Å². The van der Waals surface area contributed by atoms with Crippen LogP contribution in [0.1, 0.15) is 27.0 Å². The zero-order chi connectivity index (χ0) is 17.9. The molecule has 0 saturated heterocycles. The van der Waals surface area contributed by atoms with Crippen molar-refractivity contribution >= 4 is 23.7 Å². The maximum absolute atomic E-state index is 12.8. The molecular formula is C16H12ClF3N2O2. The van der Waals surface area contributed by atoms with Crippen molar-refractivity contribution in [3.8, 4) is 5.75 Å². The molecule has 0 fully saturated rings. The van der Waals surface area contributed by atoms with Gasteiger partial charge in [0.1, 0.15) is 5.75 Å². The van der Waals surface area contributed by atoms with Crippen LogP contribution in [0.4, 0.5) is 13.2 Å². The number of hydrazone groups is 1. The first-order chi connectivity index (χ1) is 11.2. The molecular weight excluding hydrogens is 345 g/mol. The highest BCUT2D eigenvalue weighted by Crippen LogP contribution is 2.38. The number of hydrogen-bond donors (Lipinski definition) is 2. The second-order valence-electron chi connectivity index (χ2n) is 4.95. The Hall–Kier alpha value is -2.54. The number of hydrogen-bond acceptors (Lipinski definition) is 3. The summed E-state index contributed by atoms with van der Waals surface area (Å²) in [7, 11) is 0. The molecule has 2 N–H and O–H groups in total. The monoisotopic (exact) mass is 356 g/mol. The van der Waals surface area contributed by atoms with Crippen molar-refractivity contribution < 1.29 is 23.1 Å². The minimum Gasteiger partial charge on any atom is -0.507 e. The summed E-state index contributed by atoms with van der Waals surface area (Å²) in [6.07, 6.45) is -3.87. The summed E-state index contributed by atoms with van der Waals surface area (Å²) in [6, 6.07) is 8.35. The van der Waals surface area contributed by atoms with Gasteiger partial charge < -0.3 is 5.11 Å². The largest absolute Gasteiger partial charge is 0.507 e. The van der Waals surface area contributed by atoms with E-state index in [1.54, 1.807) is 24.3 Å². The highest BCUT2D eigenvalue weighted by Gasteiger charge is 2.35. The van der Waals surface area contributed by atoms with E-state index in [1.165, 1.54) is 0 Å². The molecule has 0 aliphatic heterocycles. The quantitative estimate of drug-likeness (QED) is 0.641. The van der Waals surface area contributed by atoms with Crippen LogP contribution in [0.3, 0.4) is 0 Å². The smallest absolute Gasteiger partial charge is 0.420 e. The van der Waals surface area contributed by atoms with Gasteiger partial charge in [0.2, 0.25) is 0 Å². The van der Waals surface area contributed by atoms with Gasteiger partial charge in [0.25, 0.3) is 5.91 Å². The Morgan fingerprint density at radius 3 is 2.46 bits per heavy atom. The zero-order valence-electron chi connectivity index (χ0n) is 12.4. The van der Waals surface area contributed by atoms with E-state index in [2.05, 4.69) is 10.5 Å². The molecule has 4 nitrogen and oxygen atoms in total. The van der Waals surface area contributed by atoms with Crippen molar-refractivity contribution in [3.05, 3.63) is 63.7 Å². The molecule has 0 aliphatic rings. The first-order valence-electron chi connectivity index (χ1n) is 6.68. The Morgan fingerprint density at radius 1 is 1.25 bits per heavy atom. The molecule has 0 spiro atoms. The average Bonchev–Trinajstić information content (AvgIpc) is 2.49. The number of halogens is 4. The van der Waals surface area contributed by atoms with Gasteiger partial charge in [0.15, 0.2) is 0 Å². The lowest BCUT2D eigenvalue weighted by Crippen LogP contribution is -2.17. The molecule has 0 unspecified atom stereocenters. The van der Waals surface area contributed by atoms with Gasteiger partial charge in [0.05, 0.1) is 11.8 Å². The normalized spacial score (nSPS) is 11.7. The van der Waals surface area contributed by atoms with Crippen LogP contribution in [0.25, 0.3) is 0 Å². The van der Waals surface area contributed by atoms with E-state index in [0.29, 0.717) is 11.6 Å². The van der Waals surface area contributed by atoms with E-state index in [4.69, 9.17) is 11.6 Å². The third kappa shape index (κ3) is 4.26. The molecule has 126 valence electrons. The van der Waals surface area contributed by atoms with Crippen LogP contribution in [0.5, 0.6) is 5.75 Å². The van der Waals surface area contributed by atoms with Crippen LogP contribution < -0.4 is 5.43 Å². The second-order valence-corrected chi connectivity index (χ2v) is 5.39. The molecule has 0 atom stereocenters. The van der Waals surface area contributed by atoms with E-state index in [1.807, 2.05) is 6.92 Å². The highest BCUT2D eigenvalue weighted by molar-refractivity contribution is 6.31. The number of alkyl halides is 3. The van der Waals surface area contributed by atoms with Gasteiger partial charge in [0, 0.05) is 16.1 Å². The fraction of sp³-hybridized carbons (Fsp3) is 0.125. The molecule has 8 heteroatoms. The summed E-state index contributed by atoms with van der Waals surface area (Å²) < 4.78 is 38.3. The topological polar surface area (TPSA) is 61.7 Å². The van der Waals surface area contributed by atoms with E-state index >= 15 is 0 Å². The minimum atomic E-state index is -4.76. The zero-order valence-corrected chi connectivity index (χ0v) is 13.1. The van der Waals surface area contributed by atoms with Gasteiger partial charge in [-0.1, -0.05) is 29.3 Å². The second kappa shape index (κ2) is 6.92. The van der Waals surface area contributed by atoms with Gasteiger partial charge in [-0.05, 0) is 31.2 Å². The van der Waals surface area contributed by atoms with Gasteiger partial charge in [-0.3, -0.25) is 4.79 Å². The Bertz CT molecular complexity index is 787. The Morgan fingerprint density at radius 2 is 1.88 bits per heavy atom. The fourth-order valence-electron chi connectivity index (χ4n) is 1.86. The summed E-state index contributed by atoms with van der Waals surface area (Å²) >= 11 is 5.62. The van der Waals surface area contributed by atoms with E-state index in [-0.39, 0.29) is 10.6 Å². The van der Waals surface area contributed by atoms with Crippen molar-refractivity contribution in [2.75, 3.05) is 0 Å². The average molecular weight is 357 g/mol. The summed E-state index contributed by atoms with van der Waals surface area (Å²) in [5, 5.41) is 13.0. The Labute approximate surface area is 140 Å². The van der Waals surface area contributed by atoms with Crippen molar-refractivity contribution in [1.82, 2.24) is 5.43 Å². The summed E-state index contributed by atoms with van der Waals surface area (Å²) in [6.45, 7) is 1.86.